The molecule has 2 heterocycles. The average Bonchev–Trinajstić information content (AvgIpc) is 2.67. The number of amides is 1. The number of Topliss-reactive ketones (excluding diaryl/α,β-unsaturated/α-hetero) is 1. The molecule has 0 atom stereocenters. The largest absolute Gasteiger partial charge is 0.388 e. The van der Waals surface area contributed by atoms with E-state index >= 15 is 0 Å². The molecule has 0 aliphatic carbocycles. The number of carbonyl (C=O) groups is 2. The fraction of sp³-hybridized carbons (Fsp3) is 0.385. The van der Waals surface area contributed by atoms with Crippen molar-refractivity contribution < 1.29 is 14.7 Å². The van der Waals surface area contributed by atoms with Crippen LogP contribution in [-0.4, -0.2) is 29.9 Å². The predicted octanol–water partition coefficient (Wildman–Crippen LogP) is 0.697. The maximum absolute atomic E-state index is 11.8. The summed E-state index contributed by atoms with van der Waals surface area (Å²) in [5.74, 6) is -0.157. The molecular weight excluding hydrogens is 218 g/mol. The molecule has 3 rings (SSSR count). The van der Waals surface area contributed by atoms with Crippen molar-refractivity contribution in [2.75, 3.05) is 18.1 Å². The molecule has 0 fully saturated rings. The summed E-state index contributed by atoms with van der Waals surface area (Å²) in [5, 5.41) is 8.89. The second-order valence-electron chi connectivity index (χ2n) is 4.55. The maximum atomic E-state index is 11.8. The smallest absolute Gasteiger partial charge is 0.231 e. The molecular formula is C13H13NO3. The topological polar surface area (TPSA) is 57.6 Å². The zero-order valence-electron chi connectivity index (χ0n) is 9.40. The summed E-state index contributed by atoms with van der Waals surface area (Å²) in [5.41, 5.74) is 3.54. The third kappa shape index (κ3) is 1.48. The fourth-order valence-electron chi connectivity index (χ4n) is 2.73. The van der Waals surface area contributed by atoms with E-state index in [-0.39, 0.29) is 11.7 Å². The summed E-state index contributed by atoms with van der Waals surface area (Å²) in [6.45, 7) is 0.308. The van der Waals surface area contributed by atoms with Crippen LogP contribution in [0.15, 0.2) is 12.1 Å². The standard InChI is InChI=1S/C13H13NO3/c15-7-11(16)9-4-8-2-1-3-14-12(17)6-10(5-9)13(8)14/h4-5,15H,1-3,6-7H2. The van der Waals surface area contributed by atoms with Crippen LogP contribution in [0.25, 0.3) is 0 Å². The Morgan fingerprint density at radius 3 is 2.88 bits per heavy atom. The molecule has 0 spiro atoms. The molecule has 17 heavy (non-hydrogen) atoms. The van der Waals surface area contributed by atoms with Gasteiger partial charge in [-0.05, 0) is 36.1 Å². The predicted molar refractivity (Wildman–Crippen MR) is 62.2 cm³/mol. The van der Waals surface area contributed by atoms with Crippen molar-refractivity contribution in [1.29, 1.82) is 0 Å². The van der Waals surface area contributed by atoms with Crippen molar-refractivity contribution in [2.24, 2.45) is 0 Å². The highest BCUT2D eigenvalue weighted by molar-refractivity contribution is 6.05. The monoisotopic (exact) mass is 231 g/mol. The Labute approximate surface area is 98.9 Å². The van der Waals surface area contributed by atoms with E-state index in [1.165, 1.54) is 0 Å². The Bertz CT molecular complexity index is 522. The molecule has 0 radical (unpaired) electrons. The molecule has 0 saturated heterocycles. The zero-order chi connectivity index (χ0) is 12.0. The summed E-state index contributed by atoms with van der Waals surface area (Å²) in [4.78, 5) is 25.1. The summed E-state index contributed by atoms with van der Waals surface area (Å²) in [6.07, 6.45) is 2.22. The number of nitrogens with zero attached hydrogens (tertiary/aromatic N) is 1. The molecule has 0 unspecified atom stereocenters. The van der Waals surface area contributed by atoms with Crippen LogP contribution in [-0.2, 0) is 17.6 Å². The van der Waals surface area contributed by atoms with Gasteiger partial charge in [0.15, 0.2) is 5.78 Å². The number of hydrogen-bond donors (Lipinski definition) is 1. The third-order valence-corrected chi connectivity index (χ3v) is 3.47. The lowest BCUT2D eigenvalue weighted by atomic mass is 9.95. The molecule has 1 N–H and O–H groups in total. The molecule has 0 aromatic heterocycles. The fourth-order valence-corrected chi connectivity index (χ4v) is 2.73. The van der Waals surface area contributed by atoms with Gasteiger partial charge in [0, 0.05) is 12.1 Å². The lowest BCUT2D eigenvalue weighted by Crippen LogP contribution is -2.31. The SMILES string of the molecule is O=C(CO)c1cc2c3c(c1)CC(=O)N3CCC2. The van der Waals surface area contributed by atoms with E-state index in [0.717, 1.165) is 36.2 Å². The van der Waals surface area contributed by atoms with Crippen LogP contribution >= 0.6 is 0 Å². The highest BCUT2D eigenvalue weighted by Crippen LogP contribution is 2.37. The number of benzene rings is 1. The van der Waals surface area contributed by atoms with Crippen LogP contribution in [0.4, 0.5) is 5.69 Å². The Morgan fingerprint density at radius 2 is 2.12 bits per heavy atom. The third-order valence-electron chi connectivity index (χ3n) is 3.47. The Kier molecular flexibility index (Phi) is 2.26. The van der Waals surface area contributed by atoms with Crippen LogP contribution in [0, 0.1) is 0 Å². The van der Waals surface area contributed by atoms with Gasteiger partial charge in [-0.1, -0.05) is 0 Å². The quantitative estimate of drug-likeness (QED) is 0.762. The number of anilines is 1. The van der Waals surface area contributed by atoms with E-state index in [2.05, 4.69) is 0 Å². The summed E-state index contributed by atoms with van der Waals surface area (Å²) in [7, 11) is 0. The van der Waals surface area contributed by atoms with Gasteiger partial charge in [-0.25, -0.2) is 0 Å². The van der Waals surface area contributed by atoms with E-state index < -0.39 is 6.61 Å². The summed E-state index contributed by atoms with van der Waals surface area (Å²) in [6, 6.07) is 3.57. The molecule has 4 heteroatoms. The van der Waals surface area contributed by atoms with Gasteiger partial charge in [0.1, 0.15) is 6.61 Å². The lowest BCUT2D eigenvalue weighted by molar-refractivity contribution is -0.117. The minimum atomic E-state index is -0.476. The van der Waals surface area contributed by atoms with Gasteiger partial charge in [-0.15, -0.1) is 0 Å². The number of aryl methyl sites for hydroxylation is 1. The van der Waals surface area contributed by atoms with E-state index in [0.29, 0.717) is 12.0 Å². The molecule has 2 aliphatic heterocycles. The van der Waals surface area contributed by atoms with Gasteiger partial charge < -0.3 is 10.0 Å². The van der Waals surface area contributed by atoms with Gasteiger partial charge in [0.2, 0.25) is 5.91 Å². The van der Waals surface area contributed by atoms with Crippen molar-refractivity contribution in [3.8, 4) is 0 Å². The first kappa shape index (κ1) is 10.5. The highest BCUT2D eigenvalue weighted by atomic mass is 16.3. The van der Waals surface area contributed by atoms with Crippen molar-refractivity contribution >= 4 is 17.4 Å². The van der Waals surface area contributed by atoms with Crippen LogP contribution in [0.5, 0.6) is 0 Å². The first-order chi connectivity index (χ1) is 8.20. The molecule has 1 amide bonds. The number of rotatable bonds is 2. The molecule has 1 aromatic rings. The van der Waals surface area contributed by atoms with Gasteiger partial charge >= 0.3 is 0 Å². The average molecular weight is 231 g/mol. The van der Waals surface area contributed by atoms with Crippen molar-refractivity contribution in [1.82, 2.24) is 0 Å². The van der Waals surface area contributed by atoms with Crippen LogP contribution in [0.2, 0.25) is 0 Å². The first-order valence-electron chi connectivity index (χ1n) is 5.81. The van der Waals surface area contributed by atoms with Crippen LogP contribution in [0.3, 0.4) is 0 Å². The molecule has 4 nitrogen and oxygen atoms in total. The molecule has 88 valence electrons. The van der Waals surface area contributed by atoms with Gasteiger partial charge in [-0.3, -0.25) is 9.59 Å². The molecule has 0 saturated carbocycles. The second-order valence-corrected chi connectivity index (χ2v) is 4.55. The second kappa shape index (κ2) is 3.67. The van der Waals surface area contributed by atoms with Crippen molar-refractivity contribution in [3.05, 3.63) is 28.8 Å². The van der Waals surface area contributed by atoms with E-state index in [4.69, 9.17) is 5.11 Å². The molecule has 0 bridgehead atoms. The maximum Gasteiger partial charge on any atom is 0.231 e. The molecule has 1 aromatic carbocycles. The lowest BCUT2D eigenvalue weighted by Gasteiger charge is -2.25. The first-order valence-corrected chi connectivity index (χ1v) is 5.81. The zero-order valence-corrected chi connectivity index (χ0v) is 9.40. The minimum absolute atomic E-state index is 0.120. The Hall–Kier alpha value is -1.68. The Morgan fingerprint density at radius 1 is 1.35 bits per heavy atom. The van der Waals surface area contributed by atoms with Crippen LogP contribution < -0.4 is 4.90 Å². The minimum Gasteiger partial charge on any atom is -0.388 e. The van der Waals surface area contributed by atoms with Crippen LogP contribution in [0.1, 0.15) is 27.9 Å². The Balaban J connectivity index is 2.15. The highest BCUT2D eigenvalue weighted by Gasteiger charge is 2.32. The summed E-state index contributed by atoms with van der Waals surface area (Å²) < 4.78 is 0. The van der Waals surface area contributed by atoms with E-state index in [9.17, 15) is 9.59 Å². The van der Waals surface area contributed by atoms with Crippen molar-refractivity contribution in [3.63, 3.8) is 0 Å². The van der Waals surface area contributed by atoms with Gasteiger partial charge in [0.05, 0.1) is 12.1 Å². The number of aliphatic hydroxyl groups excluding tert-OH is 1. The number of carbonyl (C=O) groups excluding carboxylic acids is 2. The summed E-state index contributed by atoms with van der Waals surface area (Å²) >= 11 is 0. The van der Waals surface area contributed by atoms with E-state index in [1.807, 2.05) is 11.0 Å². The van der Waals surface area contributed by atoms with Crippen molar-refractivity contribution in [2.45, 2.75) is 19.3 Å². The van der Waals surface area contributed by atoms with Gasteiger partial charge in [-0.2, -0.15) is 0 Å². The van der Waals surface area contributed by atoms with Gasteiger partial charge in [0.25, 0.3) is 0 Å². The number of hydrogen-bond acceptors (Lipinski definition) is 3. The normalized spacial score (nSPS) is 17.2. The number of ketones is 1. The van der Waals surface area contributed by atoms with E-state index in [1.54, 1.807) is 6.07 Å². The molecule has 2 aliphatic rings. The number of aliphatic hydroxyl groups is 1.